The van der Waals surface area contributed by atoms with E-state index in [4.69, 9.17) is 4.74 Å². The Morgan fingerprint density at radius 2 is 2.42 bits per heavy atom. The molecule has 1 saturated heterocycles. The van der Waals surface area contributed by atoms with Gasteiger partial charge in [0.15, 0.2) is 0 Å². The van der Waals surface area contributed by atoms with E-state index >= 15 is 0 Å². The predicted octanol–water partition coefficient (Wildman–Crippen LogP) is 1.80. The van der Waals surface area contributed by atoms with Crippen molar-refractivity contribution in [3.05, 3.63) is 0 Å². The summed E-state index contributed by atoms with van der Waals surface area (Å²) in [6.45, 7) is 7.66. The molecule has 0 bridgehead atoms. The lowest BCUT2D eigenvalue weighted by Gasteiger charge is -2.13. The molecular weight excluding hydrogens is 150 g/mol. The summed E-state index contributed by atoms with van der Waals surface area (Å²) in [7, 11) is 0. The molecule has 1 fully saturated rings. The molecule has 2 nitrogen and oxygen atoms in total. The lowest BCUT2D eigenvalue weighted by molar-refractivity contribution is 0.109. The number of ether oxygens (including phenoxy) is 1. The highest BCUT2D eigenvalue weighted by Gasteiger charge is 2.14. The summed E-state index contributed by atoms with van der Waals surface area (Å²) in [5.41, 5.74) is 0. The number of rotatable bonds is 5. The van der Waals surface area contributed by atoms with Crippen LogP contribution in [-0.2, 0) is 4.74 Å². The van der Waals surface area contributed by atoms with E-state index in [1.165, 1.54) is 19.3 Å². The van der Waals surface area contributed by atoms with Crippen LogP contribution in [-0.4, -0.2) is 25.8 Å². The summed E-state index contributed by atoms with van der Waals surface area (Å²) in [6, 6.07) is 0. The van der Waals surface area contributed by atoms with Crippen LogP contribution in [0.3, 0.4) is 0 Å². The maximum absolute atomic E-state index is 5.51. The van der Waals surface area contributed by atoms with Crippen molar-refractivity contribution in [1.82, 2.24) is 5.32 Å². The minimum absolute atomic E-state index is 0.494. The van der Waals surface area contributed by atoms with Gasteiger partial charge in [-0.2, -0.15) is 0 Å². The highest BCUT2D eigenvalue weighted by molar-refractivity contribution is 4.68. The Bertz CT molecular complexity index is 110. The average molecular weight is 171 g/mol. The van der Waals surface area contributed by atoms with Crippen LogP contribution in [0.2, 0.25) is 0 Å². The maximum atomic E-state index is 5.51. The molecule has 0 saturated carbocycles. The molecule has 0 radical (unpaired) electrons. The normalized spacial score (nSPS) is 26.0. The van der Waals surface area contributed by atoms with E-state index in [2.05, 4.69) is 19.2 Å². The van der Waals surface area contributed by atoms with Crippen molar-refractivity contribution in [2.24, 2.45) is 5.92 Å². The fourth-order valence-electron chi connectivity index (χ4n) is 1.44. The molecule has 1 aliphatic rings. The van der Waals surface area contributed by atoms with Crippen LogP contribution in [0, 0.1) is 5.92 Å². The van der Waals surface area contributed by atoms with Crippen molar-refractivity contribution in [2.45, 2.75) is 39.2 Å². The quantitative estimate of drug-likeness (QED) is 0.681. The first-order chi connectivity index (χ1) is 5.83. The molecule has 12 heavy (non-hydrogen) atoms. The van der Waals surface area contributed by atoms with E-state index in [1.807, 2.05) is 0 Å². The molecule has 1 rings (SSSR count). The van der Waals surface area contributed by atoms with Gasteiger partial charge in [-0.05, 0) is 25.3 Å². The smallest absolute Gasteiger partial charge is 0.0700 e. The molecular formula is C10H21NO. The second-order valence-electron chi connectivity index (χ2n) is 3.81. The van der Waals surface area contributed by atoms with E-state index in [9.17, 15) is 0 Å². The van der Waals surface area contributed by atoms with Crippen molar-refractivity contribution < 1.29 is 4.74 Å². The fourth-order valence-corrected chi connectivity index (χ4v) is 1.44. The Kier molecular flexibility index (Phi) is 4.62. The third-order valence-electron chi connectivity index (χ3n) is 2.59. The summed E-state index contributed by atoms with van der Waals surface area (Å²) in [5.74, 6) is 0.798. The standard InChI is InChI=1S/C10H21NO/c1-3-9(2)7-11-8-10-5-4-6-12-10/h9-11H,3-8H2,1-2H3. The summed E-state index contributed by atoms with van der Waals surface area (Å²) in [6.07, 6.45) is 4.25. The minimum Gasteiger partial charge on any atom is -0.377 e. The van der Waals surface area contributed by atoms with Gasteiger partial charge in [0.05, 0.1) is 6.10 Å². The van der Waals surface area contributed by atoms with Crippen LogP contribution in [0.25, 0.3) is 0 Å². The zero-order valence-corrected chi connectivity index (χ0v) is 8.31. The van der Waals surface area contributed by atoms with Gasteiger partial charge in [0.2, 0.25) is 0 Å². The molecule has 0 aliphatic carbocycles. The van der Waals surface area contributed by atoms with Crippen molar-refractivity contribution in [2.75, 3.05) is 19.7 Å². The largest absolute Gasteiger partial charge is 0.377 e. The minimum atomic E-state index is 0.494. The number of nitrogens with one attached hydrogen (secondary N) is 1. The average Bonchev–Trinajstić information content (AvgIpc) is 2.57. The lowest BCUT2D eigenvalue weighted by atomic mass is 10.1. The van der Waals surface area contributed by atoms with Crippen LogP contribution in [0.5, 0.6) is 0 Å². The van der Waals surface area contributed by atoms with Crippen LogP contribution < -0.4 is 5.32 Å². The van der Waals surface area contributed by atoms with Gasteiger partial charge < -0.3 is 10.1 Å². The van der Waals surface area contributed by atoms with Crippen molar-refractivity contribution >= 4 is 0 Å². The second kappa shape index (κ2) is 5.55. The zero-order chi connectivity index (χ0) is 8.81. The highest BCUT2D eigenvalue weighted by atomic mass is 16.5. The van der Waals surface area contributed by atoms with E-state index < -0.39 is 0 Å². The maximum Gasteiger partial charge on any atom is 0.0700 e. The molecule has 0 aromatic heterocycles. The van der Waals surface area contributed by atoms with Gasteiger partial charge >= 0.3 is 0 Å². The SMILES string of the molecule is CCC(C)CNCC1CCCO1. The lowest BCUT2D eigenvalue weighted by Crippen LogP contribution is -2.29. The summed E-state index contributed by atoms with van der Waals surface area (Å²) in [4.78, 5) is 0. The van der Waals surface area contributed by atoms with E-state index in [-0.39, 0.29) is 0 Å². The molecule has 0 aromatic carbocycles. The van der Waals surface area contributed by atoms with Gasteiger partial charge in [-0.1, -0.05) is 20.3 Å². The second-order valence-corrected chi connectivity index (χ2v) is 3.81. The third-order valence-corrected chi connectivity index (χ3v) is 2.59. The molecule has 0 spiro atoms. The first-order valence-corrected chi connectivity index (χ1v) is 5.15. The van der Waals surface area contributed by atoms with E-state index in [0.717, 1.165) is 25.6 Å². The first kappa shape index (κ1) is 10.0. The third kappa shape index (κ3) is 3.55. The first-order valence-electron chi connectivity index (χ1n) is 5.15. The van der Waals surface area contributed by atoms with Crippen LogP contribution >= 0.6 is 0 Å². The molecule has 2 unspecified atom stereocenters. The molecule has 0 aromatic rings. The molecule has 2 atom stereocenters. The Morgan fingerprint density at radius 3 is 3.00 bits per heavy atom. The summed E-state index contributed by atoms with van der Waals surface area (Å²) < 4.78 is 5.51. The molecule has 1 aliphatic heterocycles. The Morgan fingerprint density at radius 1 is 1.58 bits per heavy atom. The van der Waals surface area contributed by atoms with Crippen LogP contribution in [0.4, 0.5) is 0 Å². The van der Waals surface area contributed by atoms with Gasteiger partial charge in [0.25, 0.3) is 0 Å². The van der Waals surface area contributed by atoms with Crippen molar-refractivity contribution in [3.8, 4) is 0 Å². The number of hydrogen-bond acceptors (Lipinski definition) is 2. The van der Waals surface area contributed by atoms with Gasteiger partial charge in [-0.15, -0.1) is 0 Å². The van der Waals surface area contributed by atoms with Crippen molar-refractivity contribution in [3.63, 3.8) is 0 Å². The molecule has 0 amide bonds. The van der Waals surface area contributed by atoms with Crippen molar-refractivity contribution in [1.29, 1.82) is 0 Å². The van der Waals surface area contributed by atoms with Gasteiger partial charge in [-0.3, -0.25) is 0 Å². The van der Waals surface area contributed by atoms with Crippen LogP contribution in [0.15, 0.2) is 0 Å². The monoisotopic (exact) mass is 171 g/mol. The summed E-state index contributed by atoms with van der Waals surface area (Å²) >= 11 is 0. The molecule has 2 heteroatoms. The Hall–Kier alpha value is -0.0800. The summed E-state index contributed by atoms with van der Waals surface area (Å²) in [5, 5.41) is 3.45. The number of hydrogen-bond donors (Lipinski definition) is 1. The van der Waals surface area contributed by atoms with Gasteiger partial charge in [0.1, 0.15) is 0 Å². The predicted molar refractivity (Wildman–Crippen MR) is 51.3 cm³/mol. The Labute approximate surface area is 75.7 Å². The van der Waals surface area contributed by atoms with Gasteiger partial charge in [0, 0.05) is 13.2 Å². The topological polar surface area (TPSA) is 21.3 Å². The van der Waals surface area contributed by atoms with E-state index in [0.29, 0.717) is 6.10 Å². The molecule has 1 N–H and O–H groups in total. The molecule has 72 valence electrons. The van der Waals surface area contributed by atoms with Crippen LogP contribution in [0.1, 0.15) is 33.1 Å². The Balaban J connectivity index is 1.94. The van der Waals surface area contributed by atoms with E-state index in [1.54, 1.807) is 0 Å². The highest BCUT2D eigenvalue weighted by Crippen LogP contribution is 2.10. The zero-order valence-electron chi connectivity index (χ0n) is 8.31. The van der Waals surface area contributed by atoms with Gasteiger partial charge in [-0.25, -0.2) is 0 Å². The fraction of sp³-hybridized carbons (Fsp3) is 1.00. The molecule has 1 heterocycles.